The molecule has 2 amide bonds. The van der Waals surface area contributed by atoms with E-state index in [0.717, 1.165) is 22.4 Å². The maximum atomic E-state index is 12.1. The van der Waals surface area contributed by atoms with Crippen molar-refractivity contribution in [1.29, 1.82) is 0 Å². The second-order valence-corrected chi connectivity index (χ2v) is 6.14. The van der Waals surface area contributed by atoms with E-state index in [1.54, 1.807) is 0 Å². The summed E-state index contributed by atoms with van der Waals surface area (Å²) in [6.07, 6.45) is 0. The topological polar surface area (TPSA) is 111 Å². The van der Waals surface area contributed by atoms with Crippen molar-refractivity contribution >= 4 is 23.2 Å². The zero-order valence-electron chi connectivity index (χ0n) is 15.4. The van der Waals surface area contributed by atoms with E-state index in [2.05, 4.69) is 10.6 Å². The first-order valence-corrected chi connectivity index (χ1v) is 8.28. The fourth-order valence-electron chi connectivity index (χ4n) is 2.63. The second-order valence-electron chi connectivity index (χ2n) is 6.14. The number of nitrogens with zero attached hydrogens (tertiary/aromatic N) is 1. The van der Waals surface area contributed by atoms with E-state index in [-0.39, 0.29) is 30.5 Å². The van der Waals surface area contributed by atoms with Gasteiger partial charge in [0.05, 0.1) is 17.5 Å². The zero-order chi connectivity index (χ0) is 20.0. The quantitative estimate of drug-likeness (QED) is 0.574. The Balaban J connectivity index is 1.82. The minimum Gasteiger partial charge on any atom is -0.484 e. The number of ether oxygens (including phenoxy) is 1. The molecule has 8 heteroatoms. The predicted molar refractivity (Wildman–Crippen MR) is 101 cm³/mol. The van der Waals surface area contributed by atoms with Gasteiger partial charge in [0.2, 0.25) is 5.91 Å². The molecule has 2 rings (SSSR count). The first kappa shape index (κ1) is 19.9. The van der Waals surface area contributed by atoms with Crippen molar-refractivity contribution in [2.75, 3.05) is 18.5 Å². The molecule has 27 heavy (non-hydrogen) atoms. The minimum absolute atomic E-state index is 0.129. The molecule has 142 valence electrons. The second kappa shape index (κ2) is 8.79. The van der Waals surface area contributed by atoms with Crippen LogP contribution in [-0.4, -0.2) is 29.9 Å². The van der Waals surface area contributed by atoms with Crippen LogP contribution in [0.4, 0.5) is 11.4 Å². The summed E-state index contributed by atoms with van der Waals surface area (Å²) < 4.78 is 5.21. The van der Waals surface area contributed by atoms with Gasteiger partial charge in [-0.1, -0.05) is 23.8 Å². The van der Waals surface area contributed by atoms with Crippen LogP contribution in [0.25, 0.3) is 0 Å². The lowest BCUT2D eigenvalue weighted by atomic mass is 10.1. The van der Waals surface area contributed by atoms with Gasteiger partial charge in [0.15, 0.2) is 6.61 Å². The summed E-state index contributed by atoms with van der Waals surface area (Å²) in [4.78, 5) is 34.0. The van der Waals surface area contributed by atoms with Crippen LogP contribution in [0.5, 0.6) is 5.75 Å². The van der Waals surface area contributed by atoms with Crippen molar-refractivity contribution in [3.8, 4) is 5.75 Å². The van der Waals surface area contributed by atoms with Crippen molar-refractivity contribution in [2.24, 2.45) is 0 Å². The largest absolute Gasteiger partial charge is 0.484 e. The number of benzene rings is 2. The molecule has 0 aliphatic carbocycles. The molecule has 0 aliphatic rings. The minimum atomic E-state index is -0.549. The third-order valence-corrected chi connectivity index (χ3v) is 3.79. The number of carbonyl (C=O) groups is 2. The highest BCUT2D eigenvalue weighted by atomic mass is 16.6. The zero-order valence-corrected chi connectivity index (χ0v) is 15.4. The Morgan fingerprint density at radius 2 is 1.74 bits per heavy atom. The van der Waals surface area contributed by atoms with Gasteiger partial charge in [-0.3, -0.25) is 19.7 Å². The van der Waals surface area contributed by atoms with Crippen LogP contribution in [0.3, 0.4) is 0 Å². The van der Waals surface area contributed by atoms with Crippen LogP contribution >= 0.6 is 0 Å². The van der Waals surface area contributed by atoms with Crippen LogP contribution in [0.1, 0.15) is 16.7 Å². The van der Waals surface area contributed by atoms with Crippen LogP contribution in [-0.2, 0) is 9.59 Å². The molecule has 8 nitrogen and oxygen atoms in total. The van der Waals surface area contributed by atoms with Gasteiger partial charge < -0.3 is 15.4 Å². The molecule has 0 atom stereocenters. The fourth-order valence-corrected chi connectivity index (χ4v) is 2.63. The van der Waals surface area contributed by atoms with Crippen molar-refractivity contribution in [2.45, 2.75) is 20.8 Å². The Bertz CT molecular complexity index is 856. The summed E-state index contributed by atoms with van der Waals surface area (Å²) >= 11 is 0. The highest BCUT2D eigenvalue weighted by Crippen LogP contribution is 2.21. The number of anilines is 1. The van der Waals surface area contributed by atoms with Crippen molar-refractivity contribution in [3.63, 3.8) is 0 Å². The fraction of sp³-hybridized carbons (Fsp3) is 0.263. The number of non-ortho nitro benzene ring substituents is 1. The number of rotatable bonds is 7. The smallest absolute Gasteiger partial charge is 0.273 e. The SMILES string of the molecule is Cc1cc(C)c(NC(=O)CNC(=O)COc2cccc([N+](=O)[O-])c2)c(C)c1. The van der Waals surface area contributed by atoms with Gasteiger partial charge in [-0.15, -0.1) is 0 Å². The first-order chi connectivity index (χ1) is 12.8. The van der Waals surface area contributed by atoms with E-state index in [1.807, 2.05) is 32.9 Å². The van der Waals surface area contributed by atoms with E-state index in [4.69, 9.17) is 4.74 Å². The molecule has 0 unspecified atom stereocenters. The number of amides is 2. The molecular weight excluding hydrogens is 350 g/mol. The Kier molecular flexibility index (Phi) is 6.48. The van der Waals surface area contributed by atoms with E-state index in [1.165, 1.54) is 24.3 Å². The van der Waals surface area contributed by atoms with Crippen LogP contribution < -0.4 is 15.4 Å². The Morgan fingerprint density at radius 3 is 2.37 bits per heavy atom. The molecule has 0 saturated heterocycles. The molecule has 2 aromatic carbocycles. The standard InChI is InChI=1S/C19H21N3O5/c1-12-7-13(2)19(14(3)8-12)21-17(23)10-20-18(24)11-27-16-6-4-5-15(9-16)22(25)26/h4-9H,10-11H2,1-3H3,(H,20,24)(H,21,23). The van der Waals surface area contributed by atoms with Gasteiger partial charge in [0.1, 0.15) is 5.75 Å². The first-order valence-electron chi connectivity index (χ1n) is 8.28. The van der Waals surface area contributed by atoms with Crippen molar-refractivity contribution < 1.29 is 19.2 Å². The number of nitro benzene ring substituents is 1. The third kappa shape index (κ3) is 5.81. The van der Waals surface area contributed by atoms with Crippen LogP contribution in [0.2, 0.25) is 0 Å². The lowest BCUT2D eigenvalue weighted by molar-refractivity contribution is -0.384. The van der Waals surface area contributed by atoms with Crippen molar-refractivity contribution in [1.82, 2.24) is 5.32 Å². The lowest BCUT2D eigenvalue weighted by Crippen LogP contribution is -2.36. The summed E-state index contributed by atoms with van der Waals surface area (Å²) in [5, 5.41) is 15.9. The van der Waals surface area contributed by atoms with Gasteiger partial charge in [-0.05, 0) is 38.0 Å². The molecule has 0 aliphatic heterocycles. The molecular formula is C19H21N3O5. The molecule has 0 aromatic heterocycles. The molecule has 0 radical (unpaired) electrons. The molecule has 0 heterocycles. The number of hydrogen-bond donors (Lipinski definition) is 2. The van der Waals surface area contributed by atoms with E-state index in [9.17, 15) is 19.7 Å². The maximum Gasteiger partial charge on any atom is 0.273 e. The van der Waals surface area contributed by atoms with Gasteiger partial charge >= 0.3 is 0 Å². The summed E-state index contributed by atoms with van der Waals surface area (Å²) in [7, 11) is 0. The summed E-state index contributed by atoms with van der Waals surface area (Å²) in [5.41, 5.74) is 3.60. The average Bonchev–Trinajstić information content (AvgIpc) is 2.61. The number of hydrogen-bond acceptors (Lipinski definition) is 5. The molecule has 2 aromatic rings. The monoisotopic (exact) mass is 371 g/mol. The Morgan fingerprint density at radius 1 is 1.07 bits per heavy atom. The van der Waals surface area contributed by atoms with Crippen LogP contribution in [0, 0.1) is 30.9 Å². The van der Waals surface area contributed by atoms with Gasteiger partial charge in [-0.25, -0.2) is 0 Å². The maximum absolute atomic E-state index is 12.1. The Labute approximate surface area is 156 Å². The van der Waals surface area contributed by atoms with Crippen molar-refractivity contribution in [3.05, 3.63) is 63.2 Å². The molecule has 0 fully saturated rings. The number of nitrogens with one attached hydrogen (secondary N) is 2. The molecule has 0 spiro atoms. The predicted octanol–water partition coefficient (Wildman–Crippen LogP) is 2.65. The Hall–Kier alpha value is -3.42. The normalized spacial score (nSPS) is 10.2. The van der Waals surface area contributed by atoms with Gasteiger partial charge in [0, 0.05) is 11.8 Å². The lowest BCUT2D eigenvalue weighted by Gasteiger charge is -2.13. The van der Waals surface area contributed by atoms with Gasteiger partial charge in [0.25, 0.3) is 11.6 Å². The van der Waals surface area contributed by atoms with Crippen LogP contribution in [0.15, 0.2) is 36.4 Å². The molecule has 0 bridgehead atoms. The van der Waals surface area contributed by atoms with E-state index in [0.29, 0.717) is 0 Å². The molecule has 0 saturated carbocycles. The highest BCUT2D eigenvalue weighted by molar-refractivity contribution is 5.95. The highest BCUT2D eigenvalue weighted by Gasteiger charge is 2.11. The third-order valence-electron chi connectivity index (χ3n) is 3.79. The van der Waals surface area contributed by atoms with E-state index >= 15 is 0 Å². The summed E-state index contributed by atoms with van der Waals surface area (Å²) in [6, 6.07) is 9.46. The summed E-state index contributed by atoms with van der Waals surface area (Å²) in [6.45, 7) is 5.23. The average molecular weight is 371 g/mol. The number of nitro groups is 1. The number of aryl methyl sites for hydroxylation is 3. The molecule has 2 N–H and O–H groups in total. The van der Waals surface area contributed by atoms with E-state index < -0.39 is 10.8 Å². The van der Waals surface area contributed by atoms with Gasteiger partial charge in [-0.2, -0.15) is 0 Å². The summed E-state index contributed by atoms with van der Waals surface area (Å²) in [5.74, 6) is -0.655. The number of carbonyl (C=O) groups excluding carboxylic acids is 2.